The maximum Gasteiger partial charge on any atom is 0.412 e. The number of carboxylic acids is 1. The predicted octanol–water partition coefficient (Wildman–Crippen LogP) is 2.46. The minimum atomic E-state index is -1.72. The van der Waals surface area contributed by atoms with Gasteiger partial charge in [-0.15, -0.1) is 0 Å². The quantitative estimate of drug-likeness (QED) is 0.632. The first-order valence-corrected chi connectivity index (χ1v) is 7.09. The van der Waals surface area contributed by atoms with Gasteiger partial charge in [-0.1, -0.05) is 13.8 Å². The number of hydrogen-bond acceptors (Lipinski definition) is 5. The van der Waals surface area contributed by atoms with Crippen LogP contribution in [-0.2, 0) is 14.9 Å². The fraction of sp³-hybridized carbons (Fsp3) is 0.500. The van der Waals surface area contributed by atoms with E-state index in [1.165, 1.54) is 32.0 Å². The third-order valence-electron chi connectivity index (χ3n) is 3.25. The molecule has 1 atom stereocenters. The second kappa shape index (κ2) is 6.45. The zero-order chi connectivity index (χ0) is 18.0. The Morgan fingerprint density at radius 3 is 2.22 bits per heavy atom. The number of aromatic hydroxyl groups is 1. The van der Waals surface area contributed by atoms with Crippen molar-refractivity contribution in [2.75, 3.05) is 5.32 Å². The number of amides is 1. The molecule has 23 heavy (non-hydrogen) atoms. The molecule has 128 valence electrons. The standard InChI is InChI=1S/C16H23NO6/c1-15(2,3)23-14(22)17-11-7-6-9(18)8-10(11)16(4,5)12(19)13(20)21/h6-8,12,18-19H,1-5H3,(H,17,22)(H,20,21). The number of anilines is 1. The summed E-state index contributed by atoms with van der Waals surface area (Å²) in [4.78, 5) is 23.0. The molecule has 7 nitrogen and oxygen atoms in total. The molecule has 7 heteroatoms. The second-order valence-corrected chi connectivity index (χ2v) is 6.82. The molecule has 0 saturated heterocycles. The number of hydrogen-bond donors (Lipinski definition) is 4. The summed E-state index contributed by atoms with van der Waals surface area (Å²) in [6, 6.07) is 4.07. The van der Waals surface area contributed by atoms with E-state index in [1.54, 1.807) is 20.8 Å². The van der Waals surface area contributed by atoms with Gasteiger partial charge in [0.05, 0.1) is 0 Å². The minimum Gasteiger partial charge on any atom is -0.508 e. The van der Waals surface area contributed by atoms with Gasteiger partial charge in [0.1, 0.15) is 11.4 Å². The Balaban J connectivity index is 3.21. The minimum absolute atomic E-state index is 0.111. The van der Waals surface area contributed by atoms with Gasteiger partial charge in [0, 0.05) is 11.1 Å². The fourth-order valence-electron chi connectivity index (χ4n) is 2.04. The van der Waals surface area contributed by atoms with Crippen molar-refractivity contribution in [1.82, 2.24) is 0 Å². The SMILES string of the molecule is CC(C)(C)OC(=O)Nc1ccc(O)cc1C(C)(C)C(O)C(=O)O. The zero-order valence-electron chi connectivity index (χ0n) is 13.9. The number of aliphatic hydroxyl groups is 1. The Kier molecular flexibility index (Phi) is 5.27. The predicted molar refractivity (Wildman–Crippen MR) is 84.6 cm³/mol. The van der Waals surface area contributed by atoms with Gasteiger partial charge in [-0.25, -0.2) is 9.59 Å². The summed E-state index contributed by atoms with van der Waals surface area (Å²) < 4.78 is 5.16. The maximum absolute atomic E-state index is 11.9. The van der Waals surface area contributed by atoms with Crippen LogP contribution >= 0.6 is 0 Å². The lowest BCUT2D eigenvalue weighted by molar-refractivity contribution is -0.150. The van der Waals surface area contributed by atoms with Crippen molar-refractivity contribution in [3.05, 3.63) is 23.8 Å². The van der Waals surface area contributed by atoms with Crippen molar-refractivity contribution in [1.29, 1.82) is 0 Å². The molecule has 0 spiro atoms. The van der Waals surface area contributed by atoms with Crippen LogP contribution in [0.15, 0.2) is 18.2 Å². The van der Waals surface area contributed by atoms with Crippen molar-refractivity contribution in [2.45, 2.75) is 51.7 Å². The lowest BCUT2D eigenvalue weighted by Gasteiger charge is -2.30. The summed E-state index contributed by atoms with van der Waals surface area (Å²) in [6.07, 6.45) is -2.44. The first kappa shape index (κ1) is 18.8. The van der Waals surface area contributed by atoms with Crippen LogP contribution in [0.3, 0.4) is 0 Å². The van der Waals surface area contributed by atoms with Gasteiger partial charge >= 0.3 is 12.1 Å². The van der Waals surface area contributed by atoms with E-state index in [0.717, 1.165) is 0 Å². The molecule has 1 aromatic carbocycles. The van der Waals surface area contributed by atoms with Gasteiger partial charge in [-0.05, 0) is 44.5 Å². The lowest BCUT2D eigenvalue weighted by atomic mass is 9.78. The molecular formula is C16H23NO6. The Morgan fingerprint density at radius 1 is 1.17 bits per heavy atom. The molecule has 0 aliphatic rings. The molecule has 0 aliphatic heterocycles. The highest BCUT2D eigenvalue weighted by atomic mass is 16.6. The topological polar surface area (TPSA) is 116 Å². The number of aliphatic carboxylic acids is 1. The fourth-order valence-corrected chi connectivity index (χ4v) is 2.04. The van der Waals surface area contributed by atoms with E-state index in [0.29, 0.717) is 0 Å². The van der Waals surface area contributed by atoms with Crippen molar-refractivity contribution < 1.29 is 29.6 Å². The number of carbonyl (C=O) groups excluding carboxylic acids is 1. The van der Waals surface area contributed by atoms with E-state index in [-0.39, 0.29) is 17.0 Å². The molecule has 1 aromatic rings. The normalized spacial score (nSPS) is 13.3. The number of nitrogens with one attached hydrogen (secondary N) is 1. The summed E-state index contributed by atoms with van der Waals surface area (Å²) >= 11 is 0. The van der Waals surface area contributed by atoms with E-state index in [1.807, 2.05) is 0 Å². The second-order valence-electron chi connectivity index (χ2n) is 6.82. The largest absolute Gasteiger partial charge is 0.508 e. The number of benzene rings is 1. The van der Waals surface area contributed by atoms with Crippen molar-refractivity contribution >= 4 is 17.7 Å². The number of ether oxygens (including phenoxy) is 1. The van der Waals surface area contributed by atoms with Gasteiger partial charge < -0.3 is 20.1 Å². The van der Waals surface area contributed by atoms with Crippen LogP contribution in [0.1, 0.15) is 40.2 Å². The molecule has 1 rings (SSSR count). The summed E-state index contributed by atoms with van der Waals surface area (Å²) in [7, 11) is 0. The first-order chi connectivity index (χ1) is 10.3. The maximum atomic E-state index is 11.9. The monoisotopic (exact) mass is 325 g/mol. The van der Waals surface area contributed by atoms with Crippen LogP contribution in [0.4, 0.5) is 10.5 Å². The van der Waals surface area contributed by atoms with Crippen molar-refractivity contribution in [3.63, 3.8) is 0 Å². The molecule has 1 unspecified atom stereocenters. The summed E-state index contributed by atoms with van der Waals surface area (Å²) in [5.74, 6) is -1.51. The van der Waals surface area contributed by atoms with E-state index < -0.39 is 29.2 Å². The van der Waals surface area contributed by atoms with E-state index in [2.05, 4.69) is 5.32 Å². The van der Waals surface area contributed by atoms with Gasteiger partial charge in [-0.3, -0.25) is 5.32 Å². The van der Waals surface area contributed by atoms with Crippen LogP contribution < -0.4 is 5.32 Å². The van der Waals surface area contributed by atoms with Gasteiger partial charge in [0.2, 0.25) is 0 Å². The average Bonchev–Trinajstić information content (AvgIpc) is 2.37. The van der Waals surface area contributed by atoms with Crippen LogP contribution in [0.5, 0.6) is 5.75 Å². The van der Waals surface area contributed by atoms with Crippen LogP contribution in [0.2, 0.25) is 0 Å². The number of carbonyl (C=O) groups is 2. The molecule has 0 saturated carbocycles. The Labute approximate surface area is 134 Å². The Bertz CT molecular complexity index is 603. The molecule has 0 heterocycles. The summed E-state index contributed by atoms with van der Waals surface area (Å²) in [6.45, 7) is 8.13. The van der Waals surface area contributed by atoms with Crippen molar-refractivity contribution in [2.24, 2.45) is 0 Å². The molecule has 1 amide bonds. The molecule has 0 aromatic heterocycles. The highest BCUT2D eigenvalue weighted by molar-refractivity contribution is 5.87. The number of aliphatic hydroxyl groups excluding tert-OH is 1. The number of phenols is 1. The van der Waals surface area contributed by atoms with Crippen LogP contribution in [0.25, 0.3) is 0 Å². The molecule has 0 aliphatic carbocycles. The molecule has 0 bridgehead atoms. The lowest BCUT2D eigenvalue weighted by Crippen LogP contribution is -2.40. The number of phenolic OH excluding ortho intramolecular Hbond substituents is 1. The van der Waals surface area contributed by atoms with Gasteiger partial charge in [0.15, 0.2) is 6.10 Å². The zero-order valence-corrected chi connectivity index (χ0v) is 13.9. The first-order valence-electron chi connectivity index (χ1n) is 7.09. The van der Waals surface area contributed by atoms with Gasteiger partial charge in [-0.2, -0.15) is 0 Å². The Morgan fingerprint density at radius 2 is 1.74 bits per heavy atom. The van der Waals surface area contributed by atoms with Crippen LogP contribution in [0, 0.1) is 0 Å². The summed E-state index contributed by atoms with van der Waals surface area (Å²) in [5, 5.41) is 31.2. The third kappa shape index (κ3) is 4.85. The molecule has 0 fully saturated rings. The number of carboxylic acid groups (broad SMARTS) is 1. The van der Waals surface area contributed by atoms with E-state index >= 15 is 0 Å². The third-order valence-corrected chi connectivity index (χ3v) is 3.25. The molecular weight excluding hydrogens is 302 g/mol. The molecule has 4 N–H and O–H groups in total. The summed E-state index contributed by atoms with van der Waals surface area (Å²) in [5.41, 5.74) is -1.42. The van der Waals surface area contributed by atoms with E-state index in [4.69, 9.17) is 9.84 Å². The average molecular weight is 325 g/mol. The number of rotatable bonds is 4. The Hall–Kier alpha value is -2.28. The van der Waals surface area contributed by atoms with E-state index in [9.17, 15) is 19.8 Å². The van der Waals surface area contributed by atoms with Crippen molar-refractivity contribution in [3.8, 4) is 5.75 Å². The molecule has 0 radical (unpaired) electrons. The smallest absolute Gasteiger partial charge is 0.412 e. The van der Waals surface area contributed by atoms with Gasteiger partial charge in [0.25, 0.3) is 0 Å². The van der Waals surface area contributed by atoms with Crippen LogP contribution in [-0.4, -0.2) is 39.1 Å². The highest BCUT2D eigenvalue weighted by Gasteiger charge is 2.37. The highest BCUT2D eigenvalue weighted by Crippen LogP contribution is 2.35.